The van der Waals surface area contributed by atoms with Crippen molar-refractivity contribution in [2.75, 3.05) is 12.3 Å². The highest BCUT2D eigenvalue weighted by molar-refractivity contribution is 8.00. The van der Waals surface area contributed by atoms with E-state index in [0.29, 0.717) is 10.6 Å². The van der Waals surface area contributed by atoms with Crippen LogP contribution in [0.25, 0.3) is 0 Å². The second kappa shape index (κ2) is 3.48. The first-order valence-corrected chi connectivity index (χ1v) is 5.01. The zero-order valence-corrected chi connectivity index (χ0v) is 8.08. The van der Waals surface area contributed by atoms with Crippen LogP contribution in [0.2, 0.25) is 0 Å². The van der Waals surface area contributed by atoms with E-state index in [1.807, 2.05) is 18.7 Å². The van der Waals surface area contributed by atoms with Crippen LogP contribution in [-0.2, 0) is 0 Å². The zero-order chi connectivity index (χ0) is 8.32. The van der Waals surface area contributed by atoms with Gasteiger partial charge in [-0.05, 0) is 32.4 Å². The maximum Gasteiger partial charge on any atom is 0.0906 e. The number of nitrogens with zero attached hydrogens (tertiary/aromatic N) is 1. The predicted molar refractivity (Wildman–Crippen MR) is 52.3 cm³/mol. The van der Waals surface area contributed by atoms with Crippen molar-refractivity contribution in [1.29, 1.82) is 0 Å². The van der Waals surface area contributed by atoms with Crippen LogP contribution in [0.3, 0.4) is 0 Å². The molecule has 0 aromatic heterocycles. The summed E-state index contributed by atoms with van der Waals surface area (Å²) < 4.78 is 0.376. The summed E-state index contributed by atoms with van der Waals surface area (Å²) in [6, 6.07) is 0. The van der Waals surface area contributed by atoms with Gasteiger partial charge in [0, 0.05) is 4.75 Å². The molecule has 0 bridgehead atoms. The number of rotatable bonds is 2. The summed E-state index contributed by atoms with van der Waals surface area (Å²) >= 11 is 2.02. The van der Waals surface area contributed by atoms with E-state index in [0.717, 1.165) is 6.54 Å². The number of thioether (sulfide) groups is 1. The Bertz CT molecular complexity index is 155. The quantitative estimate of drug-likeness (QED) is 0.508. The van der Waals surface area contributed by atoms with Crippen molar-refractivity contribution in [3.8, 4) is 0 Å². The smallest absolute Gasteiger partial charge is 0.0906 e. The van der Waals surface area contributed by atoms with Crippen LogP contribution in [-0.4, -0.2) is 22.9 Å². The molecule has 1 saturated heterocycles. The van der Waals surface area contributed by atoms with Crippen LogP contribution in [0.4, 0.5) is 0 Å². The molecule has 1 aliphatic heterocycles. The van der Waals surface area contributed by atoms with Crippen LogP contribution >= 0.6 is 11.8 Å². The zero-order valence-electron chi connectivity index (χ0n) is 7.26. The monoisotopic (exact) mass is 172 g/mol. The molecule has 1 atom stereocenters. The summed E-state index contributed by atoms with van der Waals surface area (Å²) in [4.78, 5) is 4.25. The van der Waals surface area contributed by atoms with Gasteiger partial charge in [0.15, 0.2) is 0 Å². The predicted octanol–water partition coefficient (Wildman–Crippen LogP) is 1.65. The van der Waals surface area contributed by atoms with Crippen LogP contribution in [0.15, 0.2) is 4.99 Å². The molecule has 0 spiro atoms. The second-order valence-corrected chi connectivity index (χ2v) is 5.04. The van der Waals surface area contributed by atoms with Gasteiger partial charge in [-0.1, -0.05) is 0 Å². The maximum absolute atomic E-state index is 5.47. The van der Waals surface area contributed by atoms with E-state index in [1.165, 1.54) is 18.6 Å². The fourth-order valence-corrected chi connectivity index (χ4v) is 2.48. The molecular formula is C8H16N2S. The van der Waals surface area contributed by atoms with Crippen LogP contribution in [0.1, 0.15) is 26.7 Å². The molecule has 1 heterocycles. The third-order valence-corrected chi connectivity index (χ3v) is 3.49. The second-order valence-electron chi connectivity index (χ2n) is 3.36. The molecule has 0 amide bonds. The average molecular weight is 172 g/mol. The van der Waals surface area contributed by atoms with E-state index in [-0.39, 0.29) is 0 Å². The van der Waals surface area contributed by atoms with Gasteiger partial charge in [-0.25, -0.2) is 0 Å². The first-order valence-electron chi connectivity index (χ1n) is 4.03. The van der Waals surface area contributed by atoms with Crippen LogP contribution < -0.4 is 5.73 Å². The summed E-state index contributed by atoms with van der Waals surface area (Å²) in [7, 11) is 0. The fraction of sp³-hybridized carbons (Fsp3) is 0.875. The maximum atomic E-state index is 5.47. The highest BCUT2D eigenvalue weighted by Crippen LogP contribution is 2.37. The molecule has 0 aromatic rings. The Hall–Kier alpha value is -0.180. The van der Waals surface area contributed by atoms with Crippen molar-refractivity contribution >= 4 is 17.6 Å². The molecule has 0 aliphatic carbocycles. The summed E-state index contributed by atoms with van der Waals surface area (Å²) in [5.74, 6) is 1.99. The van der Waals surface area contributed by atoms with Crippen LogP contribution in [0, 0.1) is 0 Å². The van der Waals surface area contributed by atoms with Crippen LogP contribution in [0.5, 0.6) is 0 Å². The molecule has 2 N–H and O–H groups in total. The Labute approximate surface area is 72.6 Å². The van der Waals surface area contributed by atoms with E-state index in [1.54, 1.807) is 0 Å². The Kier molecular flexibility index (Phi) is 2.82. The SMILES string of the molecule is CC(N)=NCC1(C)CCCS1. The van der Waals surface area contributed by atoms with Gasteiger partial charge in [0.05, 0.1) is 12.4 Å². The average Bonchev–Trinajstić information content (AvgIpc) is 2.33. The van der Waals surface area contributed by atoms with Crippen molar-refractivity contribution in [1.82, 2.24) is 0 Å². The molecule has 1 rings (SSSR count). The third kappa shape index (κ3) is 2.73. The van der Waals surface area contributed by atoms with Gasteiger partial charge in [-0.3, -0.25) is 4.99 Å². The molecule has 1 unspecified atom stereocenters. The molecular weight excluding hydrogens is 156 g/mol. The van der Waals surface area contributed by atoms with Crippen molar-refractivity contribution < 1.29 is 0 Å². The molecule has 1 fully saturated rings. The first-order chi connectivity index (χ1) is 5.12. The van der Waals surface area contributed by atoms with Gasteiger partial charge in [-0.2, -0.15) is 11.8 Å². The number of nitrogens with two attached hydrogens (primary N) is 1. The summed E-state index contributed by atoms with van der Waals surface area (Å²) in [6.45, 7) is 5.01. The Balaban J connectivity index is 2.40. The van der Waals surface area contributed by atoms with Gasteiger partial charge in [-0.15, -0.1) is 0 Å². The molecule has 0 saturated carbocycles. The van der Waals surface area contributed by atoms with Crippen molar-refractivity contribution in [2.45, 2.75) is 31.4 Å². The lowest BCUT2D eigenvalue weighted by atomic mass is 10.1. The van der Waals surface area contributed by atoms with E-state index in [4.69, 9.17) is 5.73 Å². The summed E-state index contributed by atoms with van der Waals surface area (Å²) in [6.07, 6.45) is 2.62. The highest BCUT2D eigenvalue weighted by atomic mass is 32.2. The number of aliphatic imine (C=N–C) groups is 1. The fourth-order valence-electron chi connectivity index (χ4n) is 1.25. The molecule has 0 radical (unpaired) electrons. The van der Waals surface area contributed by atoms with Gasteiger partial charge in [0.25, 0.3) is 0 Å². The number of amidine groups is 1. The third-order valence-electron chi connectivity index (χ3n) is 1.96. The Morgan fingerprint density at radius 1 is 1.73 bits per heavy atom. The normalized spacial score (nSPS) is 32.7. The lowest BCUT2D eigenvalue weighted by Crippen LogP contribution is -2.22. The minimum absolute atomic E-state index is 0.376. The minimum Gasteiger partial charge on any atom is -0.388 e. The summed E-state index contributed by atoms with van der Waals surface area (Å²) in [5, 5.41) is 0. The topological polar surface area (TPSA) is 38.4 Å². The van der Waals surface area contributed by atoms with E-state index in [2.05, 4.69) is 11.9 Å². The molecule has 11 heavy (non-hydrogen) atoms. The van der Waals surface area contributed by atoms with Gasteiger partial charge in [0.2, 0.25) is 0 Å². The summed E-state index contributed by atoms with van der Waals surface area (Å²) in [5.41, 5.74) is 5.47. The van der Waals surface area contributed by atoms with Crippen molar-refractivity contribution in [3.63, 3.8) is 0 Å². The minimum atomic E-state index is 0.376. The van der Waals surface area contributed by atoms with Gasteiger partial charge in [0.1, 0.15) is 0 Å². The Morgan fingerprint density at radius 3 is 2.91 bits per heavy atom. The number of hydrogen-bond acceptors (Lipinski definition) is 2. The lowest BCUT2D eigenvalue weighted by molar-refractivity contribution is 0.619. The highest BCUT2D eigenvalue weighted by Gasteiger charge is 2.28. The molecule has 64 valence electrons. The number of hydrogen-bond donors (Lipinski definition) is 1. The molecule has 0 aromatic carbocycles. The van der Waals surface area contributed by atoms with E-state index < -0.39 is 0 Å². The first kappa shape index (κ1) is 8.91. The van der Waals surface area contributed by atoms with Gasteiger partial charge >= 0.3 is 0 Å². The standard InChI is InChI=1S/C8H16N2S/c1-7(9)10-6-8(2)4-3-5-11-8/h3-6H2,1-2H3,(H2,9,10). The molecule has 1 aliphatic rings. The van der Waals surface area contributed by atoms with E-state index >= 15 is 0 Å². The van der Waals surface area contributed by atoms with Crippen molar-refractivity contribution in [2.24, 2.45) is 10.7 Å². The Morgan fingerprint density at radius 2 is 2.45 bits per heavy atom. The molecule has 3 heteroatoms. The largest absolute Gasteiger partial charge is 0.388 e. The lowest BCUT2D eigenvalue weighted by Gasteiger charge is -2.19. The van der Waals surface area contributed by atoms with Gasteiger partial charge < -0.3 is 5.73 Å². The van der Waals surface area contributed by atoms with Crippen molar-refractivity contribution in [3.05, 3.63) is 0 Å². The molecule has 2 nitrogen and oxygen atoms in total. The van der Waals surface area contributed by atoms with E-state index in [9.17, 15) is 0 Å².